The van der Waals surface area contributed by atoms with E-state index in [4.69, 9.17) is 9.15 Å². The van der Waals surface area contributed by atoms with Crippen LogP contribution in [0.2, 0.25) is 0 Å². The Morgan fingerprint density at radius 1 is 1.12 bits per heavy atom. The molecule has 0 aliphatic carbocycles. The van der Waals surface area contributed by atoms with Gasteiger partial charge in [0, 0.05) is 17.2 Å². The standard InChI is InChI=1S/C19H18N2O4/c1-12-4-6-17(13(2)8-12)19-20-15(11-25-19)10-24-16-5-7-18(21(22)23)14(3)9-16/h4-9,11H,10H2,1-3H3. The minimum absolute atomic E-state index is 0.0749. The van der Waals surface area contributed by atoms with Crippen molar-refractivity contribution >= 4 is 5.69 Å². The molecule has 6 nitrogen and oxygen atoms in total. The van der Waals surface area contributed by atoms with Crippen LogP contribution in [-0.4, -0.2) is 9.91 Å². The van der Waals surface area contributed by atoms with Crippen molar-refractivity contribution in [2.45, 2.75) is 27.4 Å². The average molecular weight is 338 g/mol. The van der Waals surface area contributed by atoms with Crippen LogP contribution < -0.4 is 4.74 Å². The summed E-state index contributed by atoms with van der Waals surface area (Å²) in [6, 6.07) is 10.7. The van der Waals surface area contributed by atoms with Crippen LogP contribution in [0.3, 0.4) is 0 Å². The lowest BCUT2D eigenvalue weighted by molar-refractivity contribution is -0.385. The quantitative estimate of drug-likeness (QED) is 0.495. The van der Waals surface area contributed by atoms with Gasteiger partial charge in [0.05, 0.1) is 4.92 Å². The summed E-state index contributed by atoms with van der Waals surface area (Å²) in [4.78, 5) is 14.9. The molecule has 0 saturated carbocycles. The van der Waals surface area contributed by atoms with Crippen LogP contribution >= 0.6 is 0 Å². The highest BCUT2D eigenvalue weighted by Gasteiger charge is 2.12. The number of ether oxygens (including phenoxy) is 1. The second-order valence-corrected chi connectivity index (χ2v) is 5.96. The van der Waals surface area contributed by atoms with Crippen LogP contribution in [0.15, 0.2) is 47.1 Å². The lowest BCUT2D eigenvalue weighted by atomic mass is 10.1. The lowest BCUT2D eigenvalue weighted by Crippen LogP contribution is -1.97. The molecule has 0 aliphatic heterocycles. The molecule has 128 valence electrons. The third kappa shape index (κ3) is 3.68. The Labute approximate surface area is 145 Å². The number of rotatable bonds is 5. The summed E-state index contributed by atoms with van der Waals surface area (Å²) >= 11 is 0. The third-order valence-electron chi connectivity index (χ3n) is 3.92. The summed E-state index contributed by atoms with van der Waals surface area (Å²) in [5, 5.41) is 10.8. The Kier molecular flexibility index (Phi) is 4.52. The highest BCUT2D eigenvalue weighted by Crippen LogP contribution is 2.26. The summed E-state index contributed by atoms with van der Waals surface area (Å²) in [5.74, 6) is 1.11. The highest BCUT2D eigenvalue weighted by molar-refractivity contribution is 5.59. The topological polar surface area (TPSA) is 78.4 Å². The zero-order chi connectivity index (χ0) is 18.0. The third-order valence-corrected chi connectivity index (χ3v) is 3.92. The molecule has 0 aliphatic rings. The zero-order valence-electron chi connectivity index (χ0n) is 14.3. The first-order valence-corrected chi connectivity index (χ1v) is 7.84. The van der Waals surface area contributed by atoms with E-state index in [9.17, 15) is 10.1 Å². The van der Waals surface area contributed by atoms with Crippen LogP contribution in [0.1, 0.15) is 22.4 Å². The molecule has 0 bridgehead atoms. The van der Waals surface area contributed by atoms with Gasteiger partial charge in [-0.25, -0.2) is 4.98 Å². The van der Waals surface area contributed by atoms with E-state index >= 15 is 0 Å². The predicted molar refractivity (Wildman–Crippen MR) is 93.6 cm³/mol. The zero-order valence-corrected chi connectivity index (χ0v) is 14.3. The highest BCUT2D eigenvalue weighted by atomic mass is 16.6. The van der Waals surface area contributed by atoms with Gasteiger partial charge in [0.1, 0.15) is 24.3 Å². The number of hydrogen-bond donors (Lipinski definition) is 0. The van der Waals surface area contributed by atoms with Crippen LogP contribution in [0.25, 0.3) is 11.5 Å². The van der Waals surface area contributed by atoms with Crippen molar-refractivity contribution < 1.29 is 14.1 Å². The number of nitro groups is 1. The molecular formula is C19H18N2O4. The summed E-state index contributed by atoms with van der Waals surface area (Å²) in [5.41, 5.74) is 4.52. The summed E-state index contributed by atoms with van der Waals surface area (Å²) in [6.45, 7) is 5.96. The maximum atomic E-state index is 10.8. The number of aryl methyl sites for hydroxylation is 3. The molecule has 0 unspecified atom stereocenters. The molecule has 3 rings (SSSR count). The van der Waals surface area contributed by atoms with Crippen molar-refractivity contribution in [1.82, 2.24) is 4.98 Å². The monoisotopic (exact) mass is 338 g/mol. The fourth-order valence-corrected chi connectivity index (χ4v) is 2.63. The molecule has 0 spiro atoms. The van der Waals surface area contributed by atoms with E-state index in [-0.39, 0.29) is 12.3 Å². The van der Waals surface area contributed by atoms with E-state index < -0.39 is 4.92 Å². The van der Waals surface area contributed by atoms with Gasteiger partial charge in [0.2, 0.25) is 5.89 Å². The molecule has 0 saturated heterocycles. The van der Waals surface area contributed by atoms with Crippen LogP contribution in [0, 0.1) is 30.9 Å². The van der Waals surface area contributed by atoms with Crippen LogP contribution in [0.4, 0.5) is 5.69 Å². The van der Waals surface area contributed by atoms with Gasteiger partial charge < -0.3 is 9.15 Å². The van der Waals surface area contributed by atoms with Gasteiger partial charge in [0.15, 0.2) is 0 Å². The lowest BCUT2D eigenvalue weighted by Gasteiger charge is -2.05. The predicted octanol–water partition coefficient (Wildman–Crippen LogP) is 4.75. The molecule has 6 heteroatoms. The molecular weight excluding hydrogens is 320 g/mol. The normalized spacial score (nSPS) is 10.7. The van der Waals surface area contributed by atoms with Crippen LogP contribution in [0.5, 0.6) is 5.75 Å². The molecule has 0 radical (unpaired) electrons. The number of aromatic nitrogens is 1. The summed E-state index contributed by atoms with van der Waals surface area (Å²) < 4.78 is 11.2. The average Bonchev–Trinajstić information content (AvgIpc) is 3.01. The number of hydrogen-bond acceptors (Lipinski definition) is 5. The smallest absolute Gasteiger partial charge is 0.272 e. The number of nitrogens with zero attached hydrogens (tertiary/aromatic N) is 2. The molecule has 25 heavy (non-hydrogen) atoms. The van der Waals surface area contributed by atoms with Gasteiger partial charge in [-0.1, -0.05) is 17.7 Å². The molecule has 0 N–H and O–H groups in total. The molecule has 1 heterocycles. The van der Waals surface area contributed by atoms with Crippen molar-refractivity contribution in [3.8, 4) is 17.2 Å². The maximum Gasteiger partial charge on any atom is 0.272 e. The Bertz CT molecular complexity index is 931. The van der Waals surface area contributed by atoms with E-state index in [1.54, 1.807) is 25.3 Å². The fraction of sp³-hybridized carbons (Fsp3) is 0.211. The van der Waals surface area contributed by atoms with Crippen molar-refractivity contribution in [2.75, 3.05) is 0 Å². The van der Waals surface area contributed by atoms with Crippen molar-refractivity contribution in [3.05, 3.63) is 75.2 Å². The largest absolute Gasteiger partial charge is 0.487 e. The van der Waals surface area contributed by atoms with E-state index in [0.29, 0.717) is 22.9 Å². The van der Waals surface area contributed by atoms with E-state index in [2.05, 4.69) is 11.1 Å². The van der Waals surface area contributed by atoms with E-state index in [1.807, 2.05) is 26.0 Å². The van der Waals surface area contributed by atoms with Crippen molar-refractivity contribution in [1.29, 1.82) is 0 Å². The van der Waals surface area contributed by atoms with Gasteiger partial charge in [0.25, 0.3) is 5.69 Å². The Hall–Kier alpha value is -3.15. The molecule has 0 amide bonds. The van der Waals surface area contributed by atoms with Gasteiger partial charge in [-0.15, -0.1) is 0 Å². The summed E-state index contributed by atoms with van der Waals surface area (Å²) in [7, 11) is 0. The summed E-state index contributed by atoms with van der Waals surface area (Å²) in [6.07, 6.45) is 1.56. The Balaban J connectivity index is 1.72. The minimum Gasteiger partial charge on any atom is -0.487 e. The first-order chi connectivity index (χ1) is 11.9. The second-order valence-electron chi connectivity index (χ2n) is 5.96. The second kappa shape index (κ2) is 6.76. The Morgan fingerprint density at radius 2 is 1.92 bits per heavy atom. The van der Waals surface area contributed by atoms with E-state index in [1.165, 1.54) is 11.6 Å². The Morgan fingerprint density at radius 3 is 2.60 bits per heavy atom. The van der Waals surface area contributed by atoms with E-state index in [0.717, 1.165) is 11.1 Å². The first-order valence-electron chi connectivity index (χ1n) is 7.84. The van der Waals surface area contributed by atoms with Gasteiger partial charge >= 0.3 is 0 Å². The van der Waals surface area contributed by atoms with Crippen LogP contribution in [-0.2, 0) is 6.61 Å². The maximum absolute atomic E-state index is 10.8. The molecule has 1 aromatic heterocycles. The number of oxazole rings is 1. The molecule has 3 aromatic rings. The van der Waals surface area contributed by atoms with Gasteiger partial charge in [-0.3, -0.25) is 10.1 Å². The van der Waals surface area contributed by atoms with Crippen molar-refractivity contribution in [2.24, 2.45) is 0 Å². The SMILES string of the molecule is Cc1ccc(-c2nc(COc3ccc([N+](=O)[O-])c(C)c3)co2)c(C)c1. The van der Waals surface area contributed by atoms with Crippen molar-refractivity contribution in [3.63, 3.8) is 0 Å². The van der Waals surface area contributed by atoms with Gasteiger partial charge in [-0.05, 0) is 44.5 Å². The first kappa shape index (κ1) is 16.7. The number of nitro benzene ring substituents is 1. The van der Waals surface area contributed by atoms with Gasteiger partial charge in [-0.2, -0.15) is 0 Å². The molecule has 0 atom stereocenters. The minimum atomic E-state index is -0.410. The number of benzene rings is 2. The molecule has 0 fully saturated rings. The fourth-order valence-electron chi connectivity index (χ4n) is 2.63. The molecule has 2 aromatic carbocycles.